The average Bonchev–Trinajstić information content (AvgIpc) is 2.39. The van der Waals surface area contributed by atoms with Crippen LogP contribution in [0.15, 0.2) is 36.9 Å². The third kappa shape index (κ3) is 3.04. The number of carbonyl (C=O) groups excluding carboxylic acids is 1. The van der Waals surface area contributed by atoms with Crippen molar-refractivity contribution in [3.05, 3.63) is 48.3 Å². The lowest BCUT2D eigenvalue weighted by atomic mass is 9.61. The van der Waals surface area contributed by atoms with E-state index in [-0.39, 0.29) is 25.5 Å². The highest BCUT2D eigenvalue weighted by molar-refractivity contribution is 5.83. The molecule has 2 rings (SSSR count). The zero-order valence-electron chi connectivity index (χ0n) is 11.3. The van der Waals surface area contributed by atoms with Gasteiger partial charge in [0.1, 0.15) is 12.4 Å². The van der Waals surface area contributed by atoms with Crippen molar-refractivity contribution in [3.8, 4) is 0 Å². The molecular weight excluding hydrogens is 277 g/mol. The molecule has 0 heterocycles. The van der Waals surface area contributed by atoms with Crippen LogP contribution in [0.5, 0.6) is 0 Å². The van der Waals surface area contributed by atoms with Gasteiger partial charge in [-0.3, -0.25) is 4.79 Å². The lowest BCUT2D eigenvalue weighted by molar-refractivity contribution is -0.148. The second-order valence-corrected chi connectivity index (χ2v) is 5.03. The predicted molar refractivity (Wildman–Crippen MR) is 73.4 cm³/mol. The summed E-state index contributed by atoms with van der Waals surface area (Å²) in [5.74, 6) is -1.50. The van der Waals surface area contributed by atoms with Crippen LogP contribution < -0.4 is 5.32 Å². The molecule has 1 aliphatic rings. The third-order valence-corrected chi connectivity index (χ3v) is 3.63. The van der Waals surface area contributed by atoms with E-state index in [9.17, 15) is 19.1 Å². The van der Waals surface area contributed by atoms with E-state index in [1.807, 2.05) is 0 Å². The number of alkyl carbamates (subject to hydrolysis) is 1. The molecule has 1 fully saturated rings. The fraction of sp³-hybridized carbons (Fsp3) is 0.333. The van der Waals surface area contributed by atoms with Crippen LogP contribution in [0.1, 0.15) is 18.4 Å². The fourth-order valence-electron chi connectivity index (χ4n) is 2.55. The molecular formula is C15H16FNO4. The van der Waals surface area contributed by atoms with Crippen molar-refractivity contribution in [1.82, 2.24) is 5.32 Å². The first-order valence-corrected chi connectivity index (χ1v) is 6.51. The highest BCUT2D eigenvalue weighted by Gasteiger charge is 2.52. The Bertz CT molecular complexity index is 567. The molecule has 5 nitrogen and oxygen atoms in total. The molecule has 1 saturated carbocycles. The Morgan fingerprint density at radius 2 is 2.24 bits per heavy atom. The molecule has 0 aliphatic heterocycles. The van der Waals surface area contributed by atoms with Gasteiger partial charge >= 0.3 is 12.1 Å². The number of ether oxygens (including phenoxy) is 1. The number of aliphatic carboxylic acids is 1. The molecule has 0 radical (unpaired) electrons. The van der Waals surface area contributed by atoms with Crippen molar-refractivity contribution in [3.63, 3.8) is 0 Å². The van der Waals surface area contributed by atoms with Crippen molar-refractivity contribution in [2.75, 3.05) is 6.61 Å². The smallest absolute Gasteiger partial charge is 0.407 e. The van der Waals surface area contributed by atoms with Crippen LogP contribution in [0, 0.1) is 5.82 Å². The monoisotopic (exact) mass is 293 g/mol. The minimum absolute atomic E-state index is 0.0898. The van der Waals surface area contributed by atoms with Crippen LogP contribution in [0.3, 0.4) is 0 Å². The van der Waals surface area contributed by atoms with Gasteiger partial charge in [0, 0.05) is 6.04 Å². The summed E-state index contributed by atoms with van der Waals surface area (Å²) in [4.78, 5) is 22.9. The van der Waals surface area contributed by atoms with Gasteiger partial charge in [-0.2, -0.15) is 0 Å². The topological polar surface area (TPSA) is 75.6 Å². The van der Waals surface area contributed by atoms with Crippen molar-refractivity contribution in [1.29, 1.82) is 0 Å². The van der Waals surface area contributed by atoms with E-state index in [0.29, 0.717) is 5.56 Å². The van der Waals surface area contributed by atoms with Gasteiger partial charge in [0.05, 0.1) is 5.41 Å². The van der Waals surface area contributed by atoms with E-state index in [0.717, 1.165) is 0 Å². The summed E-state index contributed by atoms with van der Waals surface area (Å²) in [6.07, 6.45) is 1.23. The molecule has 1 amide bonds. The van der Waals surface area contributed by atoms with E-state index in [1.54, 1.807) is 6.07 Å². The number of carbonyl (C=O) groups is 2. The van der Waals surface area contributed by atoms with Crippen LogP contribution in [0.25, 0.3) is 0 Å². The molecule has 0 bridgehead atoms. The molecule has 1 aromatic carbocycles. The van der Waals surface area contributed by atoms with Crippen molar-refractivity contribution in [2.45, 2.75) is 24.3 Å². The van der Waals surface area contributed by atoms with Gasteiger partial charge in [-0.15, -0.1) is 0 Å². The van der Waals surface area contributed by atoms with Crippen molar-refractivity contribution < 1.29 is 23.8 Å². The maximum atomic E-state index is 13.3. The Balaban J connectivity index is 2.04. The second-order valence-electron chi connectivity index (χ2n) is 5.03. The number of carboxylic acid groups (broad SMARTS) is 1. The molecule has 0 aromatic heterocycles. The molecule has 1 aliphatic carbocycles. The Labute approximate surface area is 121 Å². The number of halogens is 1. The average molecular weight is 293 g/mol. The minimum atomic E-state index is -1.15. The summed E-state index contributed by atoms with van der Waals surface area (Å²) >= 11 is 0. The number of amides is 1. The largest absolute Gasteiger partial charge is 0.481 e. The summed E-state index contributed by atoms with van der Waals surface area (Å²) < 4.78 is 18.1. The van der Waals surface area contributed by atoms with Crippen LogP contribution in [-0.4, -0.2) is 29.8 Å². The Morgan fingerprint density at radius 1 is 1.52 bits per heavy atom. The van der Waals surface area contributed by atoms with Crippen LogP contribution in [-0.2, 0) is 14.9 Å². The maximum absolute atomic E-state index is 13.3. The molecule has 1 aromatic rings. The second kappa shape index (κ2) is 5.95. The first kappa shape index (κ1) is 15.0. The molecule has 21 heavy (non-hydrogen) atoms. The van der Waals surface area contributed by atoms with Crippen LogP contribution in [0.2, 0.25) is 0 Å². The van der Waals surface area contributed by atoms with E-state index in [2.05, 4.69) is 11.9 Å². The molecule has 0 saturated heterocycles. The molecule has 6 heteroatoms. The lowest BCUT2D eigenvalue weighted by Crippen LogP contribution is -2.57. The highest BCUT2D eigenvalue weighted by Crippen LogP contribution is 2.44. The number of nitrogens with one attached hydrogen (secondary N) is 1. The molecule has 2 N–H and O–H groups in total. The first-order chi connectivity index (χ1) is 9.98. The summed E-state index contributed by atoms with van der Waals surface area (Å²) in [6, 6.07) is 5.25. The van der Waals surface area contributed by atoms with Gasteiger partial charge < -0.3 is 15.2 Å². The Morgan fingerprint density at radius 3 is 2.81 bits per heavy atom. The molecule has 0 spiro atoms. The number of hydrogen-bond acceptors (Lipinski definition) is 3. The lowest BCUT2D eigenvalue weighted by Gasteiger charge is -2.44. The van der Waals surface area contributed by atoms with E-state index in [4.69, 9.17) is 4.74 Å². The zero-order chi connectivity index (χ0) is 15.5. The SMILES string of the molecule is C=CCOC(=O)NC1CC(C(=O)O)(c2cccc(F)c2)C1. The summed E-state index contributed by atoms with van der Waals surface area (Å²) in [7, 11) is 0. The van der Waals surface area contributed by atoms with Gasteiger partial charge in [0.15, 0.2) is 0 Å². The number of hydrogen-bond donors (Lipinski definition) is 2. The Kier molecular flexibility index (Phi) is 4.26. The van der Waals surface area contributed by atoms with Gasteiger partial charge in [-0.25, -0.2) is 9.18 Å². The summed E-state index contributed by atoms with van der Waals surface area (Å²) in [6.45, 7) is 3.51. The molecule has 0 atom stereocenters. The normalized spacial score (nSPS) is 23.8. The third-order valence-electron chi connectivity index (χ3n) is 3.63. The predicted octanol–water partition coefficient (Wildman–Crippen LogP) is 2.22. The Hall–Kier alpha value is -2.37. The van der Waals surface area contributed by atoms with E-state index in [1.165, 1.54) is 24.3 Å². The quantitative estimate of drug-likeness (QED) is 0.816. The van der Waals surface area contributed by atoms with Crippen molar-refractivity contribution in [2.24, 2.45) is 0 Å². The molecule has 0 unspecified atom stereocenters. The standard InChI is InChI=1S/C15H16FNO4/c1-2-6-21-14(20)17-12-8-15(9-12,13(18)19)10-4-3-5-11(16)7-10/h2-5,7,12H,1,6,8-9H2,(H,17,20)(H,18,19). The highest BCUT2D eigenvalue weighted by atomic mass is 19.1. The number of rotatable bonds is 5. The van der Waals surface area contributed by atoms with Gasteiger partial charge in [0.25, 0.3) is 0 Å². The van der Waals surface area contributed by atoms with Gasteiger partial charge in [0.2, 0.25) is 0 Å². The van der Waals surface area contributed by atoms with Gasteiger partial charge in [-0.05, 0) is 30.5 Å². The number of benzene rings is 1. The maximum Gasteiger partial charge on any atom is 0.407 e. The minimum Gasteiger partial charge on any atom is -0.481 e. The van der Waals surface area contributed by atoms with Crippen LogP contribution in [0.4, 0.5) is 9.18 Å². The summed E-state index contributed by atoms with van der Waals surface area (Å²) in [5.41, 5.74) is -0.745. The first-order valence-electron chi connectivity index (χ1n) is 6.51. The zero-order valence-corrected chi connectivity index (χ0v) is 11.3. The number of carboxylic acids is 1. The summed E-state index contributed by atoms with van der Waals surface area (Å²) in [5, 5.41) is 12.0. The van der Waals surface area contributed by atoms with Crippen molar-refractivity contribution >= 4 is 12.1 Å². The van der Waals surface area contributed by atoms with E-state index < -0.39 is 23.3 Å². The van der Waals surface area contributed by atoms with Crippen LogP contribution >= 0.6 is 0 Å². The van der Waals surface area contributed by atoms with Gasteiger partial charge in [-0.1, -0.05) is 24.8 Å². The van der Waals surface area contributed by atoms with E-state index >= 15 is 0 Å². The molecule has 112 valence electrons. The fourth-order valence-corrected chi connectivity index (χ4v) is 2.55.